The molecule has 0 radical (unpaired) electrons. The van der Waals surface area contributed by atoms with Gasteiger partial charge in [0, 0.05) is 12.4 Å². The lowest BCUT2D eigenvalue weighted by atomic mass is 10.2. The Balaban J connectivity index is 2.08. The van der Waals surface area contributed by atoms with Crippen LogP contribution in [0.5, 0.6) is 0 Å². The van der Waals surface area contributed by atoms with Crippen molar-refractivity contribution in [3.63, 3.8) is 0 Å². The van der Waals surface area contributed by atoms with Crippen molar-refractivity contribution in [2.45, 2.75) is 19.0 Å². The van der Waals surface area contributed by atoms with Crippen LogP contribution in [0.1, 0.15) is 12.5 Å². The molecule has 1 aromatic carbocycles. The van der Waals surface area contributed by atoms with Crippen molar-refractivity contribution in [1.82, 2.24) is 20.2 Å². The van der Waals surface area contributed by atoms with Gasteiger partial charge in [-0.1, -0.05) is 23.9 Å². The summed E-state index contributed by atoms with van der Waals surface area (Å²) in [7, 11) is 0. The molecule has 5 nitrogen and oxygen atoms in total. The van der Waals surface area contributed by atoms with Gasteiger partial charge in [0.05, 0.1) is 12.3 Å². The van der Waals surface area contributed by atoms with Crippen LogP contribution in [0.4, 0.5) is 0 Å². The van der Waals surface area contributed by atoms with Crippen LogP contribution < -0.4 is 0 Å². The molecule has 1 heterocycles. The standard InChI is InChI=1S/C12H16N4OS/c1-3-17-7-8-18-12-13-14-15-16(12)11-6-4-5-10(2)9-11/h4-6,9H,3,7-8H2,1-2H3. The van der Waals surface area contributed by atoms with E-state index in [4.69, 9.17) is 4.74 Å². The number of thioether (sulfide) groups is 1. The van der Waals surface area contributed by atoms with Gasteiger partial charge in [-0.3, -0.25) is 0 Å². The van der Waals surface area contributed by atoms with Crippen LogP contribution in [0.3, 0.4) is 0 Å². The van der Waals surface area contributed by atoms with Gasteiger partial charge in [0.1, 0.15) is 0 Å². The predicted molar refractivity (Wildman–Crippen MR) is 71.1 cm³/mol. The number of tetrazole rings is 1. The number of benzene rings is 1. The van der Waals surface area contributed by atoms with Crippen molar-refractivity contribution in [1.29, 1.82) is 0 Å². The summed E-state index contributed by atoms with van der Waals surface area (Å²) >= 11 is 1.60. The molecule has 2 rings (SSSR count). The van der Waals surface area contributed by atoms with E-state index >= 15 is 0 Å². The van der Waals surface area contributed by atoms with Crippen molar-refractivity contribution in [3.8, 4) is 5.69 Å². The van der Waals surface area contributed by atoms with Crippen LogP contribution in [0, 0.1) is 6.92 Å². The number of nitrogens with zero attached hydrogens (tertiary/aromatic N) is 4. The van der Waals surface area contributed by atoms with Crippen LogP contribution in [0.2, 0.25) is 0 Å². The van der Waals surface area contributed by atoms with Crippen molar-refractivity contribution >= 4 is 11.8 Å². The Morgan fingerprint density at radius 3 is 3.06 bits per heavy atom. The summed E-state index contributed by atoms with van der Waals surface area (Å²) in [5.41, 5.74) is 2.17. The van der Waals surface area contributed by atoms with Crippen molar-refractivity contribution < 1.29 is 4.74 Å². The molecular weight excluding hydrogens is 248 g/mol. The molecule has 0 bridgehead atoms. The normalized spacial score (nSPS) is 10.8. The number of ether oxygens (including phenoxy) is 1. The Morgan fingerprint density at radius 2 is 2.28 bits per heavy atom. The molecule has 0 saturated heterocycles. The highest BCUT2D eigenvalue weighted by Gasteiger charge is 2.08. The fraction of sp³-hybridized carbons (Fsp3) is 0.417. The third kappa shape index (κ3) is 3.30. The van der Waals surface area contributed by atoms with Gasteiger partial charge in [-0.05, 0) is 42.0 Å². The van der Waals surface area contributed by atoms with Gasteiger partial charge in [-0.15, -0.1) is 5.10 Å². The Bertz CT molecular complexity index is 500. The van der Waals surface area contributed by atoms with Crippen molar-refractivity contribution in [3.05, 3.63) is 29.8 Å². The summed E-state index contributed by atoms with van der Waals surface area (Å²) in [6.07, 6.45) is 0. The average molecular weight is 264 g/mol. The molecule has 6 heteroatoms. The summed E-state index contributed by atoms with van der Waals surface area (Å²) in [5.74, 6) is 0.847. The Morgan fingerprint density at radius 1 is 1.39 bits per heavy atom. The predicted octanol–water partition coefficient (Wildman–Crippen LogP) is 2.10. The van der Waals surface area contributed by atoms with E-state index in [1.165, 1.54) is 5.56 Å². The lowest BCUT2D eigenvalue weighted by Crippen LogP contribution is -2.01. The zero-order valence-electron chi connectivity index (χ0n) is 10.5. The molecule has 96 valence electrons. The minimum atomic E-state index is 0.710. The summed E-state index contributed by atoms with van der Waals surface area (Å²) in [6, 6.07) is 8.11. The zero-order chi connectivity index (χ0) is 12.8. The quantitative estimate of drug-likeness (QED) is 0.591. The van der Waals surface area contributed by atoms with E-state index in [2.05, 4.69) is 34.6 Å². The fourth-order valence-electron chi connectivity index (χ4n) is 1.53. The fourth-order valence-corrected chi connectivity index (χ4v) is 2.27. The van der Waals surface area contributed by atoms with Gasteiger partial charge in [0.2, 0.25) is 5.16 Å². The lowest BCUT2D eigenvalue weighted by Gasteiger charge is -2.05. The first-order valence-electron chi connectivity index (χ1n) is 5.87. The number of hydrogen-bond donors (Lipinski definition) is 0. The SMILES string of the molecule is CCOCCSc1nnnn1-c1cccc(C)c1. The Kier molecular flexibility index (Phi) is 4.72. The summed E-state index contributed by atoms with van der Waals surface area (Å²) in [6.45, 7) is 5.49. The van der Waals surface area contributed by atoms with Crippen molar-refractivity contribution in [2.24, 2.45) is 0 Å². The smallest absolute Gasteiger partial charge is 0.214 e. The molecule has 1 aromatic heterocycles. The molecule has 2 aromatic rings. The Hall–Kier alpha value is -1.40. The van der Waals surface area contributed by atoms with Crippen LogP contribution in [-0.2, 0) is 4.74 Å². The van der Waals surface area contributed by atoms with Crippen LogP contribution in [0.15, 0.2) is 29.4 Å². The lowest BCUT2D eigenvalue weighted by molar-refractivity contribution is 0.164. The van der Waals surface area contributed by atoms with E-state index in [1.807, 2.05) is 19.1 Å². The van der Waals surface area contributed by atoms with Gasteiger partial charge in [0.15, 0.2) is 0 Å². The first kappa shape index (κ1) is 13.0. The van der Waals surface area contributed by atoms with E-state index in [1.54, 1.807) is 16.4 Å². The third-order valence-electron chi connectivity index (χ3n) is 2.35. The van der Waals surface area contributed by atoms with Crippen LogP contribution in [-0.4, -0.2) is 39.2 Å². The molecule has 0 fully saturated rings. The summed E-state index contributed by atoms with van der Waals surface area (Å²) in [5, 5.41) is 12.6. The second-order valence-corrected chi connectivity index (χ2v) is 4.82. The monoisotopic (exact) mass is 264 g/mol. The van der Waals surface area contributed by atoms with Crippen LogP contribution in [0.25, 0.3) is 5.69 Å². The van der Waals surface area contributed by atoms with E-state index in [-0.39, 0.29) is 0 Å². The molecule has 0 aliphatic carbocycles. The highest BCUT2D eigenvalue weighted by atomic mass is 32.2. The molecule has 0 N–H and O–H groups in total. The topological polar surface area (TPSA) is 52.8 Å². The molecule has 18 heavy (non-hydrogen) atoms. The minimum Gasteiger partial charge on any atom is -0.381 e. The van der Waals surface area contributed by atoms with Crippen molar-refractivity contribution in [2.75, 3.05) is 19.0 Å². The van der Waals surface area contributed by atoms with Gasteiger partial charge in [-0.2, -0.15) is 4.68 Å². The maximum Gasteiger partial charge on any atom is 0.214 e. The molecule has 0 spiro atoms. The maximum absolute atomic E-state index is 5.30. The van der Waals surface area contributed by atoms with Gasteiger partial charge >= 0.3 is 0 Å². The van der Waals surface area contributed by atoms with E-state index in [0.29, 0.717) is 6.61 Å². The third-order valence-corrected chi connectivity index (χ3v) is 3.23. The molecule has 0 saturated carbocycles. The number of rotatable bonds is 6. The molecule has 0 atom stereocenters. The van der Waals surface area contributed by atoms with Gasteiger partial charge < -0.3 is 4.74 Å². The largest absolute Gasteiger partial charge is 0.381 e. The van der Waals surface area contributed by atoms with Crippen LogP contribution >= 0.6 is 11.8 Å². The molecule has 0 aliphatic rings. The minimum absolute atomic E-state index is 0.710. The number of aryl methyl sites for hydroxylation is 1. The molecular formula is C12H16N4OS. The van der Waals surface area contributed by atoms with E-state index in [0.717, 1.165) is 23.2 Å². The summed E-state index contributed by atoms with van der Waals surface area (Å²) < 4.78 is 7.05. The number of hydrogen-bond acceptors (Lipinski definition) is 5. The zero-order valence-corrected chi connectivity index (χ0v) is 11.4. The second-order valence-electron chi connectivity index (χ2n) is 3.76. The highest BCUT2D eigenvalue weighted by Crippen LogP contribution is 2.18. The van der Waals surface area contributed by atoms with E-state index < -0.39 is 0 Å². The highest BCUT2D eigenvalue weighted by molar-refractivity contribution is 7.99. The summed E-state index contributed by atoms with van der Waals surface area (Å²) in [4.78, 5) is 0. The van der Waals surface area contributed by atoms with Gasteiger partial charge in [-0.25, -0.2) is 0 Å². The molecule has 0 unspecified atom stereocenters. The van der Waals surface area contributed by atoms with E-state index in [9.17, 15) is 0 Å². The van der Waals surface area contributed by atoms with Gasteiger partial charge in [0.25, 0.3) is 0 Å². The average Bonchev–Trinajstić information content (AvgIpc) is 2.83. The molecule has 0 aliphatic heterocycles. The second kappa shape index (κ2) is 6.51. The first-order chi connectivity index (χ1) is 8.81. The maximum atomic E-state index is 5.30. The Labute approximate surface area is 111 Å². The molecule has 0 amide bonds. The first-order valence-corrected chi connectivity index (χ1v) is 6.86. The number of aromatic nitrogens is 4.